The van der Waals surface area contributed by atoms with Gasteiger partial charge >= 0.3 is 6.18 Å². The maximum atomic E-state index is 12.5. The fraction of sp³-hybridized carbons (Fsp3) is 0.250. The van der Waals surface area contributed by atoms with Crippen molar-refractivity contribution in [2.45, 2.75) is 17.9 Å². The number of nitrogens with zero attached hydrogens (tertiary/aromatic N) is 3. The van der Waals surface area contributed by atoms with Crippen molar-refractivity contribution in [2.24, 2.45) is 0 Å². The summed E-state index contributed by atoms with van der Waals surface area (Å²) in [5.74, 6) is 0.643. The molecule has 110 valence electrons. The zero-order chi connectivity index (χ0) is 15.0. The second-order valence-electron chi connectivity index (χ2n) is 4.34. The fourth-order valence-electron chi connectivity index (χ4n) is 1.90. The molecule has 0 unspecified atom stereocenters. The third-order valence-electron chi connectivity index (χ3n) is 2.96. The molecule has 2 aromatic rings. The number of thioether (sulfide) groups is 1. The number of aromatic nitrogens is 3. The Kier molecular flexibility index (Phi) is 3.36. The number of alkyl halides is 3. The lowest BCUT2D eigenvalue weighted by atomic mass is 10.1. The highest BCUT2D eigenvalue weighted by atomic mass is 32.2. The van der Waals surface area contributed by atoms with E-state index in [1.165, 1.54) is 11.8 Å². The standard InChI is InChI=1S/C12H9F3N4OS/c13-12(14,15)8-3-1-7(2-4-8)9(20)16-10-17-18-11-19(10)5-6-21-11/h1-4H,5-6H2,(H,16,17,20). The molecule has 1 N–H and O–H groups in total. The number of benzene rings is 1. The van der Waals surface area contributed by atoms with Crippen molar-refractivity contribution in [2.75, 3.05) is 11.1 Å². The fourth-order valence-corrected chi connectivity index (χ4v) is 2.79. The first kappa shape index (κ1) is 13.9. The number of hydrogen-bond donors (Lipinski definition) is 1. The molecular weight excluding hydrogens is 305 g/mol. The van der Waals surface area contributed by atoms with Gasteiger partial charge in [-0.3, -0.25) is 14.7 Å². The number of carbonyl (C=O) groups excluding carboxylic acids is 1. The molecule has 21 heavy (non-hydrogen) atoms. The molecule has 0 atom stereocenters. The number of carbonyl (C=O) groups is 1. The summed E-state index contributed by atoms with van der Waals surface area (Å²) in [6, 6.07) is 4.01. The lowest BCUT2D eigenvalue weighted by Crippen LogP contribution is -2.16. The van der Waals surface area contributed by atoms with Gasteiger partial charge in [-0.2, -0.15) is 13.2 Å². The van der Waals surface area contributed by atoms with Crippen LogP contribution in [0.4, 0.5) is 19.1 Å². The Balaban J connectivity index is 1.76. The van der Waals surface area contributed by atoms with Crippen LogP contribution in [0.1, 0.15) is 15.9 Å². The Hall–Kier alpha value is -2.03. The van der Waals surface area contributed by atoms with Crippen molar-refractivity contribution < 1.29 is 18.0 Å². The minimum Gasteiger partial charge on any atom is -0.290 e. The highest BCUT2D eigenvalue weighted by Crippen LogP contribution is 2.29. The van der Waals surface area contributed by atoms with Crippen LogP contribution in [0.2, 0.25) is 0 Å². The van der Waals surface area contributed by atoms with Crippen LogP contribution in [0.25, 0.3) is 0 Å². The van der Waals surface area contributed by atoms with Crippen molar-refractivity contribution in [1.29, 1.82) is 0 Å². The Morgan fingerprint density at radius 1 is 1.24 bits per heavy atom. The van der Waals surface area contributed by atoms with E-state index in [0.717, 1.165) is 35.2 Å². The van der Waals surface area contributed by atoms with Gasteiger partial charge in [0.25, 0.3) is 5.91 Å². The maximum Gasteiger partial charge on any atom is 0.416 e. The van der Waals surface area contributed by atoms with Crippen LogP contribution in [0.5, 0.6) is 0 Å². The first-order chi connectivity index (χ1) is 9.95. The number of rotatable bonds is 2. The number of hydrogen-bond acceptors (Lipinski definition) is 4. The molecule has 0 fully saturated rings. The van der Waals surface area contributed by atoms with E-state index in [1.807, 2.05) is 0 Å². The van der Waals surface area contributed by atoms with Crippen molar-refractivity contribution in [3.8, 4) is 0 Å². The summed E-state index contributed by atoms with van der Waals surface area (Å²) in [5, 5.41) is 11.0. The van der Waals surface area contributed by atoms with E-state index < -0.39 is 17.6 Å². The minimum absolute atomic E-state index is 0.131. The predicted molar refractivity (Wildman–Crippen MR) is 70.1 cm³/mol. The minimum atomic E-state index is -4.42. The predicted octanol–water partition coefficient (Wildman–Crippen LogP) is 2.65. The van der Waals surface area contributed by atoms with Crippen LogP contribution < -0.4 is 5.32 Å². The molecule has 0 saturated carbocycles. The SMILES string of the molecule is O=C(Nc1nnc2n1CCS2)c1ccc(C(F)(F)F)cc1. The number of amides is 1. The smallest absolute Gasteiger partial charge is 0.290 e. The molecule has 0 spiro atoms. The zero-order valence-corrected chi connectivity index (χ0v) is 11.3. The van der Waals surface area contributed by atoms with E-state index in [4.69, 9.17) is 0 Å². The van der Waals surface area contributed by atoms with Crippen molar-refractivity contribution in [3.05, 3.63) is 35.4 Å². The van der Waals surface area contributed by atoms with Crippen molar-refractivity contribution >= 4 is 23.6 Å². The molecule has 0 radical (unpaired) electrons. The number of nitrogens with one attached hydrogen (secondary N) is 1. The van der Waals surface area contributed by atoms with Gasteiger partial charge in [-0.15, -0.1) is 10.2 Å². The van der Waals surface area contributed by atoms with Gasteiger partial charge in [0.2, 0.25) is 5.95 Å². The number of fused-ring (bicyclic) bond motifs is 1. The molecule has 5 nitrogen and oxygen atoms in total. The molecule has 0 saturated heterocycles. The monoisotopic (exact) mass is 314 g/mol. The molecule has 1 aliphatic rings. The van der Waals surface area contributed by atoms with E-state index in [-0.39, 0.29) is 5.56 Å². The average Bonchev–Trinajstić information content (AvgIpc) is 3.03. The van der Waals surface area contributed by atoms with Gasteiger partial charge in [0.15, 0.2) is 5.16 Å². The Morgan fingerprint density at radius 3 is 2.62 bits per heavy atom. The van der Waals surface area contributed by atoms with Crippen molar-refractivity contribution in [3.63, 3.8) is 0 Å². The molecule has 3 rings (SSSR count). The van der Waals surface area contributed by atoms with E-state index in [0.29, 0.717) is 12.5 Å². The van der Waals surface area contributed by atoms with E-state index in [2.05, 4.69) is 15.5 Å². The summed E-state index contributed by atoms with van der Waals surface area (Å²) >= 11 is 1.53. The maximum absolute atomic E-state index is 12.5. The molecule has 2 heterocycles. The summed E-state index contributed by atoms with van der Waals surface area (Å²) in [6.45, 7) is 0.690. The third kappa shape index (κ3) is 2.73. The lowest BCUT2D eigenvalue weighted by Gasteiger charge is -2.08. The highest BCUT2D eigenvalue weighted by molar-refractivity contribution is 7.99. The number of anilines is 1. The molecule has 1 amide bonds. The van der Waals surface area contributed by atoms with Gasteiger partial charge in [0.05, 0.1) is 5.56 Å². The average molecular weight is 314 g/mol. The Bertz CT molecular complexity index is 681. The summed E-state index contributed by atoms with van der Waals surface area (Å²) in [7, 11) is 0. The Labute approximate surface area is 121 Å². The van der Waals surface area contributed by atoms with Crippen LogP contribution in [0, 0.1) is 0 Å². The summed E-state index contributed by atoms with van der Waals surface area (Å²) in [5.41, 5.74) is -0.662. The molecule has 0 aliphatic carbocycles. The quantitative estimate of drug-likeness (QED) is 0.926. The molecule has 1 aromatic carbocycles. The topological polar surface area (TPSA) is 59.8 Å². The van der Waals surface area contributed by atoms with E-state index in [9.17, 15) is 18.0 Å². The third-order valence-corrected chi connectivity index (χ3v) is 3.91. The molecule has 0 bridgehead atoms. The van der Waals surface area contributed by atoms with Crippen LogP contribution in [0.3, 0.4) is 0 Å². The molecular formula is C12H9F3N4OS. The van der Waals surface area contributed by atoms with Gasteiger partial charge in [-0.05, 0) is 24.3 Å². The Morgan fingerprint density at radius 2 is 1.95 bits per heavy atom. The van der Waals surface area contributed by atoms with Crippen molar-refractivity contribution in [1.82, 2.24) is 14.8 Å². The molecule has 9 heteroatoms. The lowest BCUT2D eigenvalue weighted by molar-refractivity contribution is -0.137. The first-order valence-electron chi connectivity index (χ1n) is 6.00. The van der Waals surface area contributed by atoms with Gasteiger partial charge in [-0.25, -0.2) is 0 Å². The van der Waals surface area contributed by atoms with Gasteiger partial charge in [0.1, 0.15) is 0 Å². The van der Waals surface area contributed by atoms with Crippen LogP contribution >= 0.6 is 11.8 Å². The van der Waals surface area contributed by atoms with Crippen LogP contribution in [-0.4, -0.2) is 26.4 Å². The van der Waals surface area contributed by atoms with Gasteiger partial charge in [-0.1, -0.05) is 11.8 Å². The van der Waals surface area contributed by atoms with Crippen LogP contribution in [0.15, 0.2) is 29.4 Å². The van der Waals surface area contributed by atoms with Gasteiger partial charge < -0.3 is 0 Å². The van der Waals surface area contributed by atoms with Crippen LogP contribution in [-0.2, 0) is 12.7 Å². The van der Waals surface area contributed by atoms with E-state index in [1.54, 1.807) is 4.57 Å². The second kappa shape index (κ2) is 5.06. The van der Waals surface area contributed by atoms with Gasteiger partial charge in [0, 0.05) is 17.9 Å². The molecule has 1 aliphatic heterocycles. The second-order valence-corrected chi connectivity index (χ2v) is 5.40. The zero-order valence-electron chi connectivity index (χ0n) is 10.5. The largest absolute Gasteiger partial charge is 0.416 e. The molecule has 1 aromatic heterocycles. The van der Waals surface area contributed by atoms with E-state index >= 15 is 0 Å². The summed E-state index contributed by atoms with van der Waals surface area (Å²) in [4.78, 5) is 12.0. The first-order valence-corrected chi connectivity index (χ1v) is 6.98. The summed E-state index contributed by atoms with van der Waals surface area (Å²) < 4.78 is 39.1. The normalized spacial score (nSPS) is 14.0. The highest BCUT2D eigenvalue weighted by Gasteiger charge is 2.30. The number of halogens is 3. The summed E-state index contributed by atoms with van der Waals surface area (Å²) in [6.07, 6.45) is -4.42.